The summed E-state index contributed by atoms with van der Waals surface area (Å²) in [5, 5.41) is 3.07. The molecule has 2 aliphatic heterocycles. The maximum atomic E-state index is 13.9. The van der Waals surface area contributed by atoms with E-state index in [2.05, 4.69) is 21.2 Å². The maximum Gasteiger partial charge on any atom is 0.245 e. The van der Waals surface area contributed by atoms with E-state index in [4.69, 9.17) is 0 Å². The summed E-state index contributed by atoms with van der Waals surface area (Å²) in [6, 6.07) is 9.40. The average molecular weight is 563 g/mol. The third kappa shape index (κ3) is 5.04. The Morgan fingerprint density at radius 1 is 1.17 bits per heavy atom. The number of sulfonamides is 1. The molecule has 2 aliphatic rings. The molecule has 7 nitrogen and oxygen atoms in total. The highest BCUT2D eigenvalue weighted by atomic mass is 79.9. The Balaban J connectivity index is 1.61. The lowest BCUT2D eigenvalue weighted by Gasteiger charge is -2.32. The first-order valence-corrected chi connectivity index (χ1v) is 14.4. The van der Waals surface area contributed by atoms with Crippen LogP contribution in [0.5, 0.6) is 0 Å². The fourth-order valence-electron chi connectivity index (χ4n) is 5.05. The Morgan fingerprint density at radius 3 is 2.66 bits per heavy atom. The largest absolute Gasteiger partial charge is 0.325 e. The molecule has 0 radical (unpaired) electrons. The second-order valence-electron chi connectivity index (χ2n) is 9.21. The number of nitrogens with one attached hydrogen (secondary N) is 1. The fraction of sp³-hybridized carbons (Fsp3) is 0.462. The lowest BCUT2D eigenvalue weighted by molar-refractivity contribution is -0.121. The summed E-state index contributed by atoms with van der Waals surface area (Å²) < 4.78 is 29.8. The second-order valence-corrected chi connectivity index (χ2v) is 12.0. The molecule has 188 valence electrons. The number of aryl methyl sites for hydroxylation is 2. The zero-order chi connectivity index (χ0) is 25.3. The number of hydrogen-bond donors (Lipinski definition) is 1. The molecule has 1 atom stereocenters. The van der Waals surface area contributed by atoms with Crippen LogP contribution in [0, 0.1) is 12.8 Å². The van der Waals surface area contributed by atoms with Crippen molar-refractivity contribution < 1.29 is 18.0 Å². The third-order valence-electron chi connectivity index (χ3n) is 6.96. The number of carbonyl (C=O) groups excluding carboxylic acids is 2. The number of halogens is 1. The van der Waals surface area contributed by atoms with Crippen molar-refractivity contribution in [2.75, 3.05) is 29.9 Å². The molecule has 0 spiro atoms. The topological polar surface area (TPSA) is 86.8 Å². The SMILES string of the molecule is CCC(=O)N1CCc2cc(Br)cc(S(=O)(=O)N3CCCC(C(=O)Nc4c(C)cccc4CC)C3)c21. The normalized spacial score (nSPS) is 18.4. The lowest BCUT2D eigenvalue weighted by atomic mass is 9.98. The first-order valence-electron chi connectivity index (χ1n) is 12.2. The molecule has 2 aromatic carbocycles. The van der Waals surface area contributed by atoms with Gasteiger partial charge in [-0.1, -0.05) is 48.0 Å². The van der Waals surface area contributed by atoms with Gasteiger partial charge in [0.1, 0.15) is 4.90 Å². The van der Waals surface area contributed by atoms with Crippen molar-refractivity contribution in [1.82, 2.24) is 4.31 Å². The number of amides is 2. The van der Waals surface area contributed by atoms with Crippen LogP contribution >= 0.6 is 15.9 Å². The Morgan fingerprint density at radius 2 is 1.94 bits per heavy atom. The van der Waals surface area contributed by atoms with Crippen LogP contribution in [0.3, 0.4) is 0 Å². The Kier molecular flexibility index (Phi) is 7.68. The molecule has 0 saturated carbocycles. The van der Waals surface area contributed by atoms with Gasteiger partial charge in [0.2, 0.25) is 21.8 Å². The van der Waals surface area contributed by atoms with Crippen LogP contribution in [0.25, 0.3) is 0 Å². The van der Waals surface area contributed by atoms with E-state index in [0.717, 1.165) is 28.8 Å². The number of nitrogens with zero attached hydrogens (tertiary/aromatic N) is 2. The Bertz CT molecular complexity index is 1260. The van der Waals surface area contributed by atoms with Gasteiger partial charge in [-0.2, -0.15) is 4.31 Å². The Hall–Kier alpha value is -2.23. The Labute approximate surface area is 216 Å². The molecule has 35 heavy (non-hydrogen) atoms. The minimum absolute atomic E-state index is 0.0941. The monoisotopic (exact) mass is 561 g/mol. The van der Waals surface area contributed by atoms with Gasteiger partial charge in [-0.3, -0.25) is 9.59 Å². The van der Waals surface area contributed by atoms with E-state index < -0.39 is 15.9 Å². The van der Waals surface area contributed by atoms with E-state index in [1.165, 1.54) is 4.31 Å². The minimum atomic E-state index is -3.92. The van der Waals surface area contributed by atoms with Crippen molar-refractivity contribution in [2.45, 2.75) is 57.8 Å². The number of carbonyl (C=O) groups is 2. The van der Waals surface area contributed by atoms with Crippen molar-refractivity contribution in [2.24, 2.45) is 5.92 Å². The van der Waals surface area contributed by atoms with E-state index in [1.807, 2.05) is 38.1 Å². The molecule has 1 fully saturated rings. The summed E-state index contributed by atoms with van der Waals surface area (Å²) in [4.78, 5) is 27.5. The molecular formula is C26H32BrN3O4S. The summed E-state index contributed by atoms with van der Waals surface area (Å²) >= 11 is 3.45. The highest BCUT2D eigenvalue weighted by molar-refractivity contribution is 9.10. The number of rotatable bonds is 6. The number of benzene rings is 2. The van der Waals surface area contributed by atoms with Crippen molar-refractivity contribution in [3.05, 3.63) is 51.5 Å². The van der Waals surface area contributed by atoms with Gasteiger partial charge in [-0.05, 0) is 61.4 Å². The van der Waals surface area contributed by atoms with Gasteiger partial charge in [0.05, 0.1) is 11.6 Å². The van der Waals surface area contributed by atoms with Crippen LogP contribution in [-0.2, 0) is 32.5 Å². The quantitative estimate of drug-likeness (QED) is 0.555. The molecule has 1 N–H and O–H groups in total. The van der Waals surface area contributed by atoms with E-state index in [1.54, 1.807) is 17.9 Å². The average Bonchev–Trinajstić information content (AvgIpc) is 3.27. The number of anilines is 2. The minimum Gasteiger partial charge on any atom is -0.325 e. The fourth-order valence-corrected chi connectivity index (χ4v) is 7.49. The number of para-hydroxylation sites is 1. The number of hydrogen-bond acceptors (Lipinski definition) is 4. The highest BCUT2D eigenvalue weighted by Gasteiger charge is 2.38. The first kappa shape index (κ1) is 25.9. The van der Waals surface area contributed by atoms with E-state index in [-0.39, 0.29) is 23.3 Å². The summed E-state index contributed by atoms with van der Waals surface area (Å²) in [5.74, 6) is -0.698. The van der Waals surface area contributed by atoms with E-state index in [0.29, 0.717) is 48.9 Å². The zero-order valence-electron chi connectivity index (χ0n) is 20.4. The highest BCUT2D eigenvalue weighted by Crippen LogP contribution is 2.40. The van der Waals surface area contributed by atoms with Gasteiger partial charge in [0.15, 0.2) is 0 Å². The van der Waals surface area contributed by atoms with Gasteiger partial charge >= 0.3 is 0 Å². The van der Waals surface area contributed by atoms with Crippen LogP contribution < -0.4 is 10.2 Å². The lowest BCUT2D eigenvalue weighted by Crippen LogP contribution is -2.44. The van der Waals surface area contributed by atoms with E-state index in [9.17, 15) is 18.0 Å². The zero-order valence-corrected chi connectivity index (χ0v) is 22.8. The van der Waals surface area contributed by atoms with Crippen LogP contribution in [0.15, 0.2) is 39.7 Å². The van der Waals surface area contributed by atoms with E-state index >= 15 is 0 Å². The molecule has 1 unspecified atom stereocenters. The number of piperidine rings is 1. The van der Waals surface area contributed by atoms with Gasteiger partial charge in [-0.25, -0.2) is 8.42 Å². The van der Waals surface area contributed by atoms with Gasteiger partial charge in [0.25, 0.3) is 0 Å². The second kappa shape index (κ2) is 10.4. The molecule has 0 bridgehead atoms. The van der Waals surface area contributed by atoms with Crippen LogP contribution in [-0.4, -0.2) is 44.2 Å². The summed E-state index contributed by atoms with van der Waals surface area (Å²) in [6.45, 7) is 6.72. The van der Waals surface area contributed by atoms with Crippen LogP contribution in [0.4, 0.5) is 11.4 Å². The molecule has 1 saturated heterocycles. The van der Waals surface area contributed by atoms with Crippen LogP contribution in [0.1, 0.15) is 49.8 Å². The molecule has 0 aliphatic carbocycles. The van der Waals surface area contributed by atoms with Crippen molar-refractivity contribution in [1.29, 1.82) is 0 Å². The molecule has 4 rings (SSSR count). The molecular weight excluding hydrogens is 530 g/mol. The molecule has 9 heteroatoms. The van der Waals surface area contributed by atoms with Gasteiger partial charge in [0, 0.05) is 36.2 Å². The van der Waals surface area contributed by atoms with Gasteiger partial charge in [-0.15, -0.1) is 0 Å². The molecule has 2 heterocycles. The maximum absolute atomic E-state index is 13.9. The summed E-state index contributed by atoms with van der Waals surface area (Å²) in [6.07, 6.45) is 2.94. The molecule has 2 aromatic rings. The molecule has 2 amide bonds. The standard InChI is InChI=1S/C26H32BrN3O4S/c1-4-18-9-6-8-17(3)24(18)28-26(32)20-10-7-12-29(16-20)35(33,34)22-15-21(27)14-19-11-13-30(25(19)22)23(31)5-2/h6,8-9,14-15,20H,4-5,7,10-13,16H2,1-3H3,(H,28,32). The third-order valence-corrected chi connectivity index (χ3v) is 9.29. The summed E-state index contributed by atoms with van der Waals surface area (Å²) in [7, 11) is -3.92. The molecule has 0 aromatic heterocycles. The van der Waals surface area contributed by atoms with Crippen molar-refractivity contribution >= 4 is 49.1 Å². The first-order chi connectivity index (χ1) is 16.7. The smallest absolute Gasteiger partial charge is 0.245 e. The predicted molar refractivity (Wildman–Crippen MR) is 141 cm³/mol. The summed E-state index contributed by atoms with van der Waals surface area (Å²) in [5.41, 5.74) is 4.20. The van der Waals surface area contributed by atoms with Gasteiger partial charge < -0.3 is 10.2 Å². The van der Waals surface area contributed by atoms with Crippen LogP contribution in [0.2, 0.25) is 0 Å². The van der Waals surface area contributed by atoms with Crippen molar-refractivity contribution in [3.8, 4) is 0 Å². The van der Waals surface area contributed by atoms with Crippen molar-refractivity contribution in [3.63, 3.8) is 0 Å². The number of fused-ring (bicyclic) bond motifs is 1. The predicted octanol–water partition coefficient (Wildman–Crippen LogP) is 4.66.